The van der Waals surface area contributed by atoms with Crippen molar-refractivity contribution in [2.24, 2.45) is 0 Å². The minimum absolute atomic E-state index is 0.233. The van der Waals surface area contributed by atoms with Crippen LogP contribution in [0.5, 0.6) is 5.75 Å². The average molecular weight is 193 g/mol. The number of rotatable bonds is 4. The van der Waals surface area contributed by atoms with Crippen LogP contribution in [0.15, 0.2) is 24.3 Å². The zero-order valence-electron chi connectivity index (χ0n) is 7.98. The van der Waals surface area contributed by atoms with Crippen LogP contribution < -0.4 is 5.32 Å². The molecule has 3 heteroatoms. The van der Waals surface area contributed by atoms with Crippen molar-refractivity contribution in [1.82, 2.24) is 5.32 Å². The summed E-state index contributed by atoms with van der Waals surface area (Å²) in [6.45, 7) is 0.593. The molecule has 3 N–H and O–H groups in total. The third-order valence-electron chi connectivity index (χ3n) is 2.46. The summed E-state index contributed by atoms with van der Waals surface area (Å²) in [5, 5.41) is 22.1. The summed E-state index contributed by atoms with van der Waals surface area (Å²) < 4.78 is 0. The van der Waals surface area contributed by atoms with Gasteiger partial charge in [0.2, 0.25) is 0 Å². The van der Waals surface area contributed by atoms with Crippen LogP contribution in [0.25, 0.3) is 0 Å². The summed E-state index contributed by atoms with van der Waals surface area (Å²) in [4.78, 5) is 0. The average Bonchev–Trinajstić information content (AvgIpc) is 2.99. The SMILES string of the molecule is Oc1ccc(C(O)CNC2CC2)cc1. The Bertz CT molecular complexity index is 293. The molecule has 2 rings (SSSR count). The Labute approximate surface area is 83.4 Å². The molecule has 76 valence electrons. The van der Waals surface area contributed by atoms with Crippen molar-refractivity contribution >= 4 is 0 Å². The van der Waals surface area contributed by atoms with Crippen molar-refractivity contribution in [3.63, 3.8) is 0 Å². The van der Waals surface area contributed by atoms with E-state index in [4.69, 9.17) is 5.11 Å². The standard InChI is InChI=1S/C11H15NO2/c13-10-5-1-8(2-6-10)11(14)7-12-9-3-4-9/h1-2,5-6,9,11-14H,3-4,7H2. The second-order valence-electron chi connectivity index (χ2n) is 3.79. The number of phenolic OH excluding ortho intramolecular Hbond substituents is 1. The summed E-state index contributed by atoms with van der Waals surface area (Å²) in [5.74, 6) is 0.233. The molecule has 1 fully saturated rings. The first-order valence-corrected chi connectivity index (χ1v) is 4.96. The van der Waals surface area contributed by atoms with Crippen LogP contribution in [0.3, 0.4) is 0 Å². The van der Waals surface area contributed by atoms with Gasteiger partial charge in [0.1, 0.15) is 5.75 Å². The molecule has 1 aliphatic rings. The summed E-state index contributed by atoms with van der Waals surface area (Å²) in [6, 6.07) is 7.29. The van der Waals surface area contributed by atoms with E-state index in [1.807, 2.05) is 0 Å². The van der Waals surface area contributed by atoms with E-state index in [0.29, 0.717) is 12.6 Å². The van der Waals surface area contributed by atoms with E-state index in [1.165, 1.54) is 12.8 Å². The Kier molecular flexibility index (Phi) is 2.70. The molecule has 0 aliphatic heterocycles. The van der Waals surface area contributed by atoms with Crippen LogP contribution in [0, 0.1) is 0 Å². The Morgan fingerprint density at radius 3 is 2.50 bits per heavy atom. The summed E-state index contributed by atoms with van der Waals surface area (Å²) in [7, 11) is 0. The minimum atomic E-state index is -0.476. The van der Waals surface area contributed by atoms with Gasteiger partial charge < -0.3 is 15.5 Å². The number of aliphatic hydroxyl groups excluding tert-OH is 1. The van der Waals surface area contributed by atoms with Crippen LogP contribution in [-0.4, -0.2) is 22.8 Å². The van der Waals surface area contributed by atoms with Gasteiger partial charge >= 0.3 is 0 Å². The number of hydrogen-bond acceptors (Lipinski definition) is 3. The molecular weight excluding hydrogens is 178 g/mol. The van der Waals surface area contributed by atoms with Crippen LogP contribution in [0.1, 0.15) is 24.5 Å². The molecule has 1 unspecified atom stereocenters. The van der Waals surface area contributed by atoms with Crippen LogP contribution in [0.2, 0.25) is 0 Å². The molecule has 3 nitrogen and oxygen atoms in total. The first-order valence-electron chi connectivity index (χ1n) is 4.96. The number of aromatic hydroxyl groups is 1. The van der Waals surface area contributed by atoms with E-state index >= 15 is 0 Å². The molecule has 0 radical (unpaired) electrons. The predicted octanol–water partition coefficient (Wildman–Crippen LogP) is 1.18. The quantitative estimate of drug-likeness (QED) is 0.673. The molecule has 1 aliphatic carbocycles. The molecule has 0 bridgehead atoms. The highest BCUT2D eigenvalue weighted by Gasteiger charge is 2.21. The molecule has 0 amide bonds. The molecule has 0 saturated heterocycles. The zero-order valence-corrected chi connectivity index (χ0v) is 7.98. The molecule has 1 atom stereocenters. The highest BCUT2D eigenvalue weighted by molar-refractivity contribution is 5.27. The van der Waals surface area contributed by atoms with E-state index in [-0.39, 0.29) is 5.75 Å². The highest BCUT2D eigenvalue weighted by atomic mass is 16.3. The topological polar surface area (TPSA) is 52.5 Å². The van der Waals surface area contributed by atoms with E-state index in [9.17, 15) is 5.11 Å². The third-order valence-corrected chi connectivity index (χ3v) is 2.46. The van der Waals surface area contributed by atoms with Crippen molar-refractivity contribution < 1.29 is 10.2 Å². The molecule has 0 spiro atoms. The lowest BCUT2D eigenvalue weighted by Crippen LogP contribution is -2.23. The van der Waals surface area contributed by atoms with E-state index in [0.717, 1.165) is 5.56 Å². The van der Waals surface area contributed by atoms with E-state index in [1.54, 1.807) is 24.3 Å². The van der Waals surface area contributed by atoms with Gasteiger partial charge in [-0.15, -0.1) is 0 Å². The van der Waals surface area contributed by atoms with Crippen molar-refractivity contribution in [2.75, 3.05) is 6.54 Å². The second-order valence-corrected chi connectivity index (χ2v) is 3.79. The molecule has 1 aromatic rings. The molecule has 0 heterocycles. The fraction of sp³-hybridized carbons (Fsp3) is 0.455. The summed E-state index contributed by atoms with van der Waals surface area (Å²) >= 11 is 0. The van der Waals surface area contributed by atoms with Gasteiger partial charge in [-0.2, -0.15) is 0 Å². The number of phenols is 1. The maximum atomic E-state index is 9.74. The lowest BCUT2D eigenvalue weighted by Gasteiger charge is -2.11. The highest BCUT2D eigenvalue weighted by Crippen LogP contribution is 2.21. The first kappa shape index (κ1) is 9.49. The normalized spacial score (nSPS) is 18.1. The van der Waals surface area contributed by atoms with Gasteiger partial charge in [-0.3, -0.25) is 0 Å². The minimum Gasteiger partial charge on any atom is -0.508 e. The lowest BCUT2D eigenvalue weighted by molar-refractivity contribution is 0.174. The molecule has 1 aromatic carbocycles. The van der Waals surface area contributed by atoms with Crippen LogP contribution in [0.4, 0.5) is 0 Å². The Morgan fingerprint density at radius 2 is 1.93 bits per heavy atom. The summed E-state index contributed by atoms with van der Waals surface area (Å²) in [6.07, 6.45) is 1.97. The second kappa shape index (κ2) is 3.98. The van der Waals surface area contributed by atoms with Crippen LogP contribution >= 0.6 is 0 Å². The predicted molar refractivity (Wildman–Crippen MR) is 54.1 cm³/mol. The van der Waals surface area contributed by atoms with Crippen LogP contribution in [-0.2, 0) is 0 Å². The number of aliphatic hydroxyl groups is 1. The Balaban J connectivity index is 1.88. The number of hydrogen-bond donors (Lipinski definition) is 3. The van der Waals surface area contributed by atoms with Gasteiger partial charge in [-0.05, 0) is 30.5 Å². The fourth-order valence-corrected chi connectivity index (χ4v) is 1.38. The fourth-order valence-electron chi connectivity index (χ4n) is 1.38. The monoisotopic (exact) mass is 193 g/mol. The van der Waals surface area contributed by atoms with Crippen molar-refractivity contribution in [3.05, 3.63) is 29.8 Å². The van der Waals surface area contributed by atoms with E-state index < -0.39 is 6.10 Å². The zero-order chi connectivity index (χ0) is 9.97. The van der Waals surface area contributed by atoms with Gasteiger partial charge in [0.25, 0.3) is 0 Å². The smallest absolute Gasteiger partial charge is 0.115 e. The number of nitrogens with one attached hydrogen (secondary N) is 1. The van der Waals surface area contributed by atoms with Gasteiger partial charge in [-0.1, -0.05) is 12.1 Å². The van der Waals surface area contributed by atoms with Crippen molar-refractivity contribution in [1.29, 1.82) is 0 Å². The largest absolute Gasteiger partial charge is 0.508 e. The third kappa shape index (κ3) is 2.47. The van der Waals surface area contributed by atoms with Crippen molar-refractivity contribution in [3.8, 4) is 5.75 Å². The molecular formula is C11H15NO2. The maximum Gasteiger partial charge on any atom is 0.115 e. The van der Waals surface area contributed by atoms with Crippen molar-refractivity contribution in [2.45, 2.75) is 25.0 Å². The van der Waals surface area contributed by atoms with Gasteiger partial charge in [0.15, 0.2) is 0 Å². The van der Waals surface area contributed by atoms with Gasteiger partial charge in [-0.25, -0.2) is 0 Å². The Hall–Kier alpha value is -1.06. The molecule has 0 aromatic heterocycles. The number of benzene rings is 1. The summed E-state index contributed by atoms with van der Waals surface area (Å²) in [5.41, 5.74) is 0.843. The lowest BCUT2D eigenvalue weighted by atomic mass is 10.1. The van der Waals surface area contributed by atoms with E-state index in [2.05, 4.69) is 5.32 Å². The van der Waals surface area contributed by atoms with Gasteiger partial charge in [0.05, 0.1) is 6.10 Å². The molecule has 14 heavy (non-hydrogen) atoms. The maximum absolute atomic E-state index is 9.74. The Morgan fingerprint density at radius 1 is 1.29 bits per heavy atom. The molecule has 1 saturated carbocycles. The first-order chi connectivity index (χ1) is 6.75. The van der Waals surface area contributed by atoms with Gasteiger partial charge in [0, 0.05) is 12.6 Å².